The molecular weight excluding hydrogens is 348 g/mol. The maximum absolute atomic E-state index is 3.51. The molecule has 100 valence electrons. The van der Waals surface area contributed by atoms with Crippen molar-refractivity contribution in [1.29, 1.82) is 0 Å². The molecule has 0 atom stereocenters. The van der Waals surface area contributed by atoms with Gasteiger partial charge in [0.25, 0.3) is 0 Å². The molecule has 1 aliphatic carbocycles. The number of rotatable bonds is 2. The third-order valence-corrected chi connectivity index (χ3v) is 6.72. The van der Waals surface area contributed by atoms with E-state index >= 15 is 0 Å². The van der Waals surface area contributed by atoms with Gasteiger partial charge in [-0.2, -0.15) is 0 Å². The quantitative estimate of drug-likeness (QED) is 0.517. The number of fused-ring (bicyclic) bond motifs is 3. The summed E-state index contributed by atoms with van der Waals surface area (Å²) >= 11 is 7.27. The van der Waals surface area contributed by atoms with Gasteiger partial charge in [0.15, 0.2) is 0 Å². The number of thiophene rings is 2. The van der Waals surface area contributed by atoms with Crippen molar-refractivity contribution in [1.82, 2.24) is 0 Å². The second kappa shape index (κ2) is 4.55. The molecule has 1 aromatic carbocycles. The first kappa shape index (κ1) is 12.8. The van der Waals surface area contributed by atoms with Gasteiger partial charge in [-0.25, -0.2) is 0 Å². The molecule has 2 heterocycles. The summed E-state index contributed by atoms with van der Waals surface area (Å²) in [4.78, 5) is 2.96. The van der Waals surface area contributed by atoms with Crippen LogP contribution < -0.4 is 0 Å². The van der Waals surface area contributed by atoms with E-state index in [0.29, 0.717) is 0 Å². The zero-order chi connectivity index (χ0) is 13.7. The Morgan fingerprint density at radius 1 is 0.900 bits per heavy atom. The molecule has 0 aliphatic heterocycles. The second-order valence-electron chi connectivity index (χ2n) is 5.46. The molecular formula is C17H13BrS2. The Morgan fingerprint density at radius 2 is 1.45 bits per heavy atom. The van der Waals surface area contributed by atoms with E-state index in [1.807, 2.05) is 22.7 Å². The maximum Gasteiger partial charge on any atom is 0.0486 e. The molecule has 4 rings (SSSR count). The lowest BCUT2D eigenvalue weighted by Crippen LogP contribution is -2.23. The minimum absolute atomic E-state index is 0.124. The van der Waals surface area contributed by atoms with E-state index in [1.165, 1.54) is 26.4 Å². The van der Waals surface area contributed by atoms with Crippen molar-refractivity contribution in [2.75, 3.05) is 0 Å². The lowest BCUT2D eigenvalue weighted by molar-refractivity contribution is 0.585. The summed E-state index contributed by atoms with van der Waals surface area (Å²) in [5, 5.41) is 4.46. The lowest BCUT2D eigenvalue weighted by atomic mass is 9.76. The number of hydrogen-bond acceptors (Lipinski definition) is 2. The molecule has 0 bridgehead atoms. The Kier molecular flexibility index (Phi) is 2.92. The molecule has 20 heavy (non-hydrogen) atoms. The molecule has 1 aliphatic rings. The van der Waals surface area contributed by atoms with Gasteiger partial charge in [0, 0.05) is 19.6 Å². The van der Waals surface area contributed by atoms with Gasteiger partial charge >= 0.3 is 0 Å². The first-order chi connectivity index (χ1) is 9.68. The Hall–Kier alpha value is -0.900. The summed E-state index contributed by atoms with van der Waals surface area (Å²) in [5.74, 6) is 0. The summed E-state index contributed by atoms with van der Waals surface area (Å²) in [7, 11) is 0. The Morgan fingerprint density at radius 3 is 2.00 bits per heavy atom. The molecule has 0 spiro atoms. The van der Waals surface area contributed by atoms with Crippen molar-refractivity contribution in [2.24, 2.45) is 0 Å². The van der Waals surface area contributed by atoms with E-state index in [1.54, 1.807) is 0 Å². The topological polar surface area (TPSA) is 0 Å². The van der Waals surface area contributed by atoms with Crippen molar-refractivity contribution in [2.45, 2.75) is 18.8 Å². The van der Waals surface area contributed by atoms with Crippen LogP contribution in [0, 0.1) is 0 Å². The molecule has 0 saturated carbocycles. The van der Waals surface area contributed by atoms with Crippen molar-refractivity contribution in [3.05, 3.63) is 68.3 Å². The van der Waals surface area contributed by atoms with Gasteiger partial charge in [-0.05, 0) is 58.1 Å². The van der Waals surface area contributed by atoms with Gasteiger partial charge in [-0.1, -0.05) is 35.0 Å². The highest BCUT2D eigenvalue weighted by Crippen LogP contribution is 2.54. The highest BCUT2D eigenvalue weighted by Gasteiger charge is 2.41. The predicted octanol–water partition coefficient (Wildman–Crippen LogP) is 6.10. The minimum Gasteiger partial charge on any atom is -0.143 e. The van der Waals surface area contributed by atoms with Crippen LogP contribution in [-0.2, 0) is 11.8 Å². The molecule has 0 unspecified atom stereocenters. The number of hydrogen-bond donors (Lipinski definition) is 0. The van der Waals surface area contributed by atoms with Crippen LogP contribution in [-0.4, -0.2) is 0 Å². The molecule has 3 aromatic rings. The molecule has 0 fully saturated rings. The maximum atomic E-state index is 3.51. The summed E-state index contributed by atoms with van der Waals surface area (Å²) in [6.45, 7) is 2.39. The van der Waals surface area contributed by atoms with E-state index in [4.69, 9.17) is 0 Å². The van der Waals surface area contributed by atoms with Gasteiger partial charge in [-0.3, -0.25) is 0 Å². The second-order valence-corrected chi connectivity index (χ2v) is 8.21. The van der Waals surface area contributed by atoms with Gasteiger partial charge in [0.05, 0.1) is 0 Å². The van der Waals surface area contributed by atoms with Crippen LogP contribution in [0.4, 0.5) is 0 Å². The fourth-order valence-electron chi connectivity index (χ4n) is 3.19. The van der Waals surface area contributed by atoms with Gasteiger partial charge < -0.3 is 0 Å². The fourth-order valence-corrected chi connectivity index (χ4v) is 5.69. The molecule has 0 N–H and O–H groups in total. The first-order valence-electron chi connectivity index (χ1n) is 6.59. The fraction of sp³-hybridized carbons (Fsp3) is 0.176. The summed E-state index contributed by atoms with van der Waals surface area (Å²) in [6, 6.07) is 13.3. The van der Waals surface area contributed by atoms with Crippen LogP contribution in [0.2, 0.25) is 0 Å². The van der Waals surface area contributed by atoms with E-state index in [0.717, 1.165) is 10.9 Å². The molecule has 0 nitrogen and oxygen atoms in total. The Balaban J connectivity index is 1.83. The van der Waals surface area contributed by atoms with Gasteiger partial charge in [0.1, 0.15) is 0 Å². The largest absolute Gasteiger partial charge is 0.143 e. The predicted molar refractivity (Wildman–Crippen MR) is 91.9 cm³/mol. The van der Waals surface area contributed by atoms with Crippen LogP contribution >= 0.6 is 38.6 Å². The molecule has 0 amide bonds. The SMILES string of the molecule is CC1(Cc2ccc(Br)cc2)c2ccsc2-c2sccc21. The zero-order valence-corrected chi connectivity index (χ0v) is 14.2. The van der Waals surface area contributed by atoms with Crippen LogP contribution in [0.5, 0.6) is 0 Å². The van der Waals surface area contributed by atoms with E-state index in [9.17, 15) is 0 Å². The average Bonchev–Trinajstić information content (AvgIpc) is 3.11. The van der Waals surface area contributed by atoms with Crippen LogP contribution in [0.3, 0.4) is 0 Å². The Bertz CT molecular complexity index is 724. The lowest BCUT2D eigenvalue weighted by Gasteiger charge is -2.26. The van der Waals surface area contributed by atoms with E-state index in [2.05, 4.69) is 70.0 Å². The van der Waals surface area contributed by atoms with E-state index < -0.39 is 0 Å². The van der Waals surface area contributed by atoms with Gasteiger partial charge in [-0.15, -0.1) is 22.7 Å². The zero-order valence-electron chi connectivity index (χ0n) is 11.0. The Labute approximate surface area is 135 Å². The summed E-state index contributed by atoms with van der Waals surface area (Å²) in [5.41, 5.74) is 4.53. The third kappa shape index (κ3) is 1.77. The van der Waals surface area contributed by atoms with Crippen LogP contribution in [0.25, 0.3) is 9.75 Å². The molecule has 0 radical (unpaired) electrons. The van der Waals surface area contributed by atoms with Crippen molar-refractivity contribution in [3.8, 4) is 9.75 Å². The number of benzene rings is 1. The van der Waals surface area contributed by atoms with Gasteiger partial charge in [0.2, 0.25) is 0 Å². The normalized spacial score (nSPS) is 15.1. The van der Waals surface area contributed by atoms with Crippen LogP contribution in [0.1, 0.15) is 23.6 Å². The standard InChI is InChI=1S/C17H13BrS2/c1-17(10-11-2-4-12(18)5-3-11)13-6-8-19-15(13)16-14(17)7-9-20-16/h2-9H,10H2,1H3. The van der Waals surface area contributed by atoms with Crippen LogP contribution in [0.15, 0.2) is 51.6 Å². The summed E-state index contributed by atoms with van der Waals surface area (Å²) in [6.07, 6.45) is 1.06. The van der Waals surface area contributed by atoms with Crippen molar-refractivity contribution in [3.63, 3.8) is 0 Å². The minimum atomic E-state index is 0.124. The van der Waals surface area contributed by atoms with E-state index in [-0.39, 0.29) is 5.41 Å². The van der Waals surface area contributed by atoms with Crippen molar-refractivity contribution >= 4 is 38.6 Å². The third-order valence-electron chi connectivity index (χ3n) is 4.20. The molecule has 2 aromatic heterocycles. The highest BCUT2D eigenvalue weighted by atomic mass is 79.9. The van der Waals surface area contributed by atoms with Crippen molar-refractivity contribution < 1.29 is 0 Å². The molecule has 3 heteroatoms. The molecule has 0 saturated heterocycles. The number of halogens is 1. The average molecular weight is 361 g/mol. The highest BCUT2D eigenvalue weighted by molar-refractivity contribution is 9.10. The monoisotopic (exact) mass is 360 g/mol. The first-order valence-corrected chi connectivity index (χ1v) is 9.14. The smallest absolute Gasteiger partial charge is 0.0486 e. The summed E-state index contributed by atoms with van der Waals surface area (Å²) < 4.78 is 1.14.